The number of carbonyl (C=O) groups is 2. The lowest BCUT2D eigenvalue weighted by molar-refractivity contribution is -0.385. The van der Waals surface area contributed by atoms with Gasteiger partial charge in [0.2, 0.25) is 0 Å². The molecule has 0 bridgehead atoms. The number of non-ortho nitro benzene ring substituents is 2. The number of carbonyl (C=O) groups excluding carboxylic acids is 2. The molecule has 12 heteroatoms. The molecule has 2 amide bonds. The summed E-state index contributed by atoms with van der Waals surface area (Å²) < 4.78 is 11.6. The van der Waals surface area contributed by atoms with Crippen LogP contribution in [0.4, 0.5) is 11.4 Å². The number of nitro groups is 2. The summed E-state index contributed by atoms with van der Waals surface area (Å²) in [6.45, 7) is 7.81. The number of amides is 2. The second kappa shape index (κ2) is 8.84. The molecule has 2 aromatic carbocycles. The minimum absolute atomic E-state index is 0.0326. The Morgan fingerprint density at radius 1 is 0.737 bits per heavy atom. The van der Waals surface area contributed by atoms with E-state index in [0.717, 1.165) is 0 Å². The van der Waals surface area contributed by atoms with Crippen molar-refractivity contribution in [3.8, 4) is 0 Å². The molecule has 0 N–H and O–H groups in total. The zero-order chi connectivity index (χ0) is 27.6. The molecule has 3 fully saturated rings. The zero-order valence-corrected chi connectivity index (χ0v) is 21.4. The molecule has 5 rings (SSSR count). The Hall–Kier alpha value is -3.90. The lowest BCUT2D eigenvalue weighted by Crippen LogP contribution is -2.62. The smallest absolute Gasteiger partial charge is 0.269 e. The van der Waals surface area contributed by atoms with Gasteiger partial charge in [-0.15, -0.1) is 0 Å². The second-order valence-electron chi connectivity index (χ2n) is 10.5. The van der Waals surface area contributed by atoms with E-state index < -0.39 is 33.3 Å². The summed E-state index contributed by atoms with van der Waals surface area (Å²) in [6, 6.07) is 11.4. The van der Waals surface area contributed by atoms with Gasteiger partial charge in [-0.25, -0.2) is 0 Å². The van der Waals surface area contributed by atoms with E-state index >= 15 is 0 Å². The molecule has 0 saturated carbocycles. The Morgan fingerprint density at radius 2 is 1.05 bits per heavy atom. The van der Waals surface area contributed by atoms with Crippen molar-refractivity contribution in [2.45, 2.75) is 63.2 Å². The third-order valence-corrected chi connectivity index (χ3v) is 7.78. The van der Waals surface area contributed by atoms with E-state index in [1.165, 1.54) is 24.3 Å². The number of piperazine rings is 1. The molecular weight excluding hydrogens is 496 g/mol. The summed E-state index contributed by atoms with van der Waals surface area (Å²) in [5.74, 6) is -0.380. The van der Waals surface area contributed by atoms with Gasteiger partial charge in [0.15, 0.2) is 11.2 Å². The van der Waals surface area contributed by atoms with Crippen LogP contribution in [0, 0.1) is 20.2 Å². The van der Waals surface area contributed by atoms with E-state index in [0.29, 0.717) is 24.2 Å². The minimum Gasteiger partial charge on any atom is -0.351 e. The van der Waals surface area contributed by atoms with Crippen molar-refractivity contribution in [2.75, 3.05) is 13.1 Å². The first-order valence-electron chi connectivity index (χ1n) is 12.3. The van der Waals surface area contributed by atoms with E-state index in [2.05, 4.69) is 0 Å². The predicted molar refractivity (Wildman–Crippen MR) is 133 cm³/mol. The molecular formula is C26H28N4O8. The Kier molecular flexibility index (Phi) is 5.99. The standard InChI is InChI=1S/C26H28N4O8/c1-15-13-28(24(32)26(4)22(38-26)18-7-11-20(12-8-18)30(35)36)16(2)14-27(15)23(31)25(3)21(37-25)17-5-9-19(10-6-17)29(33)34/h5-12,15-16,21-22H,13-14H2,1-4H3/t15-,16-,21-,22-,25+,26+/m0/s1. The number of hydrogen-bond acceptors (Lipinski definition) is 8. The largest absolute Gasteiger partial charge is 0.351 e. The monoisotopic (exact) mass is 524 g/mol. The van der Waals surface area contributed by atoms with Gasteiger partial charge in [-0.2, -0.15) is 0 Å². The molecule has 2 aromatic rings. The lowest BCUT2D eigenvalue weighted by atomic mass is 9.95. The minimum atomic E-state index is -1.08. The van der Waals surface area contributed by atoms with E-state index in [-0.39, 0.29) is 35.3 Å². The van der Waals surface area contributed by atoms with Crippen molar-refractivity contribution < 1.29 is 28.9 Å². The molecule has 0 aliphatic carbocycles. The summed E-state index contributed by atoms with van der Waals surface area (Å²) in [5.41, 5.74) is -0.843. The maximum Gasteiger partial charge on any atom is 0.269 e. The van der Waals surface area contributed by atoms with Gasteiger partial charge in [0.1, 0.15) is 12.2 Å². The highest BCUT2D eigenvalue weighted by molar-refractivity contribution is 5.91. The number of benzene rings is 2. The highest BCUT2D eigenvalue weighted by Gasteiger charge is 2.63. The van der Waals surface area contributed by atoms with Crippen LogP contribution in [0.5, 0.6) is 0 Å². The van der Waals surface area contributed by atoms with Gasteiger partial charge in [0, 0.05) is 49.4 Å². The number of nitrogens with zero attached hydrogens (tertiary/aromatic N) is 4. The highest BCUT2D eigenvalue weighted by Crippen LogP contribution is 2.52. The number of epoxide rings is 2. The Labute approximate surface area is 218 Å². The third-order valence-electron chi connectivity index (χ3n) is 7.78. The molecule has 3 aliphatic rings. The Bertz CT molecular complexity index is 1210. The number of hydrogen-bond donors (Lipinski definition) is 0. The van der Waals surface area contributed by atoms with Crippen molar-refractivity contribution >= 4 is 23.2 Å². The fraction of sp³-hybridized carbons (Fsp3) is 0.462. The van der Waals surface area contributed by atoms with Crippen molar-refractivity contribution in [1.82, 2.24) is 9.80 Å². The summed E-state index contributed by atoms with van der Waals surface area (Å²) in [6.07, 6.45) is -1.00. The maximum atomic E-state index is 13.5. The Balaban J connectivity index is 1.23. The van der Waals surface area contributed by atoms with Crippen LogP contribution in [-0.4, -0.2) is 67.8 Å². The molecule has 3 saturated heterocycles. The van der Waals surface area contributed by atoms with Crippen LogP contribution in [0.25, 0.3) is 0 Å². The first-order chi connectivity index (χ1) is 17.9. The summed E-state index contributed by atoms with van der Waals surface area (Å²) in [5, 5.41) is 21.9. The predicted octanol–water partition coefficient (Wildman–Crippen LogP) is 3.31. The fourth-order valence-corrected chi connectivity index (χ4v) is 5.32. The van der Waals surface area contributed by atoms with Crippen molar-refractivity contribution in [2.24, 2.45) is 0 Å². The van der Waals surface area contributed by atoms with E-state index in [9.17, 15) is 29.8 Å². The number of rotatable bonds is 6. The van der Waals surface area contributed by atoms with Gasteiger partial charge >= 0.3 is 0 Å². The lowest BCUT2D eigenvalue weighted by Gasteiger charge is -2.45. The second-order valence-corrected chi connectivity index (χ2v) is 10.5. The molecule has 3 aliphatic heterocycles. The van der Waals surface area contributed by atoms with Crippen molar-refractivity contribution in [3.05, 3.63) is 79.9 Å². The number of nitro benzene ring substituents is 2. The summed E-state index contributed by atoms with van der Waals surface area (Å²) >= 11 is 0. The van der Waals surface area contributed by atoms with Crippen LogP contribution in [0.15, 0.2) is 48.5 Å². The molecule has 6 atom stereocenters. The van der Waals surface area contributed by atoms with Gasteiger partial charge in [-0.3, -0.25) is 29.8 Å². The van der Waals surface area contributed by atoms with Gasteiger partial charge in [0.05, 0.1) is 9.85 Å². The number of ether oxygens (including phenoxy) is 2. The van der Waals surface area contributed by atoms with E-state index in [1.807, 2.05) is 13.8 Å². The molecule has 0 radical (unpaired) electrons. The van der Waals surface area contributed by atoms with Gasteiger partial charge < -0.3 is 19.3 Å². The highest BCUT2D eigenvalue weighted by atomic mass is 16.6. The SMILES string of the molecule is C[C@H]1CN(C(=O)[C@]2(C)O[C@H]2c2ccc([N+](=O)[O-])cc2)[C@@H](C)CN1C(=O)[C@]1(C)O[C@H]1c1ccc([N+](=O)[O-])cc1. The van der Waals surface area contributed by atoms with Crippen LogP contribution in [0.2, 0.25) is 0 Å². The molecule has 0 unspecified atom stereocenters. The molecule has 3 heterocycles. The van der Waals surface area contributed by atoms with Crippen molar-refractivity contribution in [1.29, 1.82) is 0 Å². The van der Waals surface area contributed by atoms with E-state index in [1.54, 1.807) is 47.9 Å². The van der Waals surface area contributed by atoms with Crippen LogP contribution in [0.3, 0.4) is 0 Å². The quantitative estimate of drug-likeness (QED) is 0.317. The third kappa shape index (κ3) is 4.19. The molecule has 0 aromatic heterocycles. The first kappa shape index (κ1) is 25.7. The first-order valence-corrected chi connectivity index (χ1v) is 12.3. The van der Waals surface area contributed by atoms with Gasteiger partial charge in [-0.1, -0.05) is 0 Å². The normalized spacial score (nSPS) is 32.0. The average Bonchev–Trinajstić information content (AvgIpc) is 3.79. The van der Waals surface area contributed by atoms with E-state index in [4.69, 9.17) is 9.47 Å². The molecule has 0 spiro atoms. The van der Waals surface area contributed by atoms with Gasteiger partial charge in [-0.05, 0) is 63.1 Å². The summed E-state index contributed by atoms with van der Waals surface area (Å²) in [7, 11) is 0. The molecule has 200 valence electrons. The zero-order valence-electron chi connectivity index (χ0n) is 21.4. The summed E-state index contributed by atoms with van der Waals surface area (Å²) in [4.78, 5) is 51.4. The fourth-order valence-electron chi connectivity index (χ4n) is 5.32. The van der Waals surface area contributed by atoms with Crippen LogP contribution >= 0.6 is 0 Å². The van der Waals surface area contributed by atoms with Crippen LogP contribution in [0.1, 0.15) is 51.0 Å². The molecule has 12 nitrogen and oxygen atoms in total. The van der Waals surface area contributed by atoms with Crippen LogP contribution < -0.4 is 0 Å². The van der Waals surface area contributed by atoms with Gasteiger partial charge in [0.25, 0.3) is 23.2 Å². The Morgan fingerprint density at radius 3 is 1.34 bits per heavy atom. The topological polar surface area (TPSA) is 152 Å². The molecule has 38 heavy (non-hydrogen) atoms. The van der Waals surface area contributed by atoms with Crippen molar-refractivity contribution in [3.63, 3.8) is 0 Å². The average molecular weight is 525 g/mol. The van der Waals surface area contributed by atoms with Crippen LogP contribution in [-0.2, 0) is 19.1 Å². The maximum absolute atomic E-state index is 13.5.